The van der Waals surface area contributed by atoms with Gasteiger partial charge in [0, 0.05) is 36.7 Å². The average Bonchev–Trinajstić information content (AvgIpc) is 2.51. The lowest BCUT2D eigenvalue weighted by Gasteiger charge is -2.20. The minimum atomic E-state index is -0.705. The SMILES string of the molecule is NCCNc1ccc(F)c2c1C(=O)c1cnccc1C2=O. The van der Waals surface area contributed by atoms with Crippen LogP contribution in [0, 0.1) is 5.82 Å². The van der Waals surface area contributed by atoms with Crippen molar-refractivity contribution in [3.05, 3.63) is 58.7 Å². The van der Waals surface area contributed by atoms with Crippen LogP contribution < -0.4 is 11.1 Å². The topological polar surface area (TPSA) is 85.1 Å². The molecule has 3 rings (SSSR count). The number of rotatable bonds is 3. The number of anilines is 1. The van der Waals surface area contributed by atoms with Gasteiger partial charge < -0.3 is 11.1 Å². The molecule has 106 valence electrons. The normalized spacial score (nSPS) is 12.9. The van der Waals surface area contributed by atoms with Crippen LogP contribution in [0.4, 0.5) is 10.1 Å². The number of hydrogen-bond acceptors (Lipinski definition) is 5. The van der Waals surface area contributed by atoms with Crippen LogP contribution in [0.15, 0.2) is 30.6 Å². The largest absolute Gasteiger partial charge is 0.383 e. The van der Waals surface area contributed by atoms with Gasteiger partial charge in [-0.1, -0.05) is 0 Å². The standard InChI is InChI=1S/C15H12FN3O2/c16-10-1-2-11(19-6-4-17)13-12(10)14(20)8-3-5-18-7-9(8)15(13)21/h1-3,5,7,19H,4,6,17H2. The van der Waals surface area contributed by atoms with E-state index in [-0.39, 0.29) is 22.3 Å². The summed E-state index contributed by atoms with van der Waals surface area (Å²) in [6.45, 7) is 0.770. The minimum Gasteiger partial charge on any atom is -0.383 e. The van der Waals surface area contributed by atoms with Crippen molar-refractivity contribution in [2.75, 3.05) is 18.4 Å². The number of nitrogens with two attached hydrogens (primary N) is 1. The molecular formula is C15H12FN3O2. The number of carbonyl (C=O) groups is 2. The van der Waals surface area contributed by atoms with Crippen molar-refractivity contribution >= 4 is 17.3 Å². The first-order chi connectivity index (χ1) is 10.1. The molecule has 0 spiro atoms. The number of pyridine rings is 1. The maximum atomic E-state index is 14.1. The summed E-state index contributed by atoms with van der Waals surface area (Å²) in [6, 6.07) is 4.04. The van der Waals surface area contributed by atoms with Crippen molar-refractivity contribution in [3.63, 3.8) is 0 Å². The minimum absolute atomic E-state index is 0.0500. The number of ketones is 2. The fourth-order valence-electron chi connectivity index (χ4n) is 2.43. The molecule has 1 aliphatic rings. The molecule has 0 atom stereocenters. The highest BCUT2D eigenvalue weighted by Crippen LogP contribution is 2.33. The number of nitrogens with one attached hydrogen (secondary N) is 1. The molecule has 0 saturated carbocycles. The van der Waals surface area contributed by atoms with E-state index in [1.807, 2.05) is 0 Å². The van der Waals surface area contributed by atoms with E-state index < -0.39 is 17.4 Å². The highest BCUT2D eigenvalue weighted by atomic mass is 19.1. The van der Waals surface area contributed by atoms with Crippen LogP contribution in [0.3, 0.4) is 0 Å². The summed E-state index contributed by atoms with van der Waals surface area (Å²) in [5, 5.41) is 2.95. The zero-order valence-electron chi connectivity index (χ0n) is 11.0. The molecule has 3 N–H and O–H groups in total. The van der Waals surface area contributed by atoms with Gasteiger partial charge in [-0.25, -0.2) is 4.39 Å². The van der Waals surface area contributed by atoms with Crippen molar-refractivity contribution in [2.24, 2.45) is 5.73 Å². The number of nitrogens with zero attached hydrogens (tertiary/aromatic N) is 1. The second kappa shape index (κ2) is 5.06. The number of halogens is 1. The third-order valence-electron chi connectivity index (χ3n) is 3.38. The summed E-state index contributed by atoms with van der Waals surface area (Å²) in [5.41, 5.74) is 6.05. The van der Waals surface area contributed by atoms with E-state index in [4.69, 9.17) is 5.73 Å². The number of benzene rings is 1. The van der Waals surface area contributed by atoms with Crippen LogP contribution in [-0.4, -0.2) is 29.6 Å². The Morgan fingerprint density at radius 2 is 1.86 bits per heavy atom. The van der Waals surface area contributed by atoms with Crippen molar-refractivity contribution in [1.82, 2.24) is 4.98 Å². The van der Waals surface area contributed by atoms with E-state index in [2.05, 4.69) is 10.3 Å². The lowest BCUT2D eigenvalue weighted by molar-refractivity contribution is 0.0976. The Labute approximate surface area is 120 Å². The van der Waals surface area contributed by atoms with Crippen molar-refractivity contribution < 1.29 is 14.0 Å². The molecule has 0 radical (unpaired) electrons. The molecule has 2 aromatic rings. The van der Waals surface area contributed by atoms with Gasteiger partial charge in [-0.3, -0.25) is 14.6 Å². The average molecular weight is 285 g/mol. The molecule has 1 aromatic carbocycles. The smallest absolute Gasteiger partial charge is 0.198 e. The Hall–Kier alpha value is -2.60. The number of fused-ring (bicyclic) bond motifs is 2. The summed E-state index contributed by atoms with van der Waals surface area (Å²) < 4.78 is 14.1. The summed E-state index contributed by atoms with van der Waals surface area (Å²) in [5.74, 6) is -1.62. The van der Waals surface area contributed by atoms with Gasteiger partial charge >= 0.3 is 0 Å². The quantitative estimate of drug-likeness (QED) is 0.759. The van der Waals surface area contributed by atoms with E-state index in [0.29, 0.717) is 18.8 Å². The van der Waals surface area contributed by atoms with Gasteiger partial charge in [-0.05, 0) is 18.2 Å². The molecule has 0 fully saturated rings. The fourth-order valence-corrected chi connectivity index (χ4v) is 2.43. The second-order valence-electron chi connectivity index (χ2n) is 4.64. The molecule has 1 heterocycles. The van der Waals surface area contributed by atoms with E-state index >= 15 is 0 Å². The monoisotopic (exact) mass is 285 g/mol. The summed E-state index contributed by atoms with van der Waals surface area (Å²) in [7, 11) is 0. The van der Waals surface area contributed by atoms with Gasteiger partial charge in [0.15, 0.2) is 11.6 Å². The first kappa shape index (κ1) is 13.4. The Kier molecular flexibility index (Phi) is 3.23. The number of aromatic nitrogens is 1. The maximum absolute atomic E-state index is 14.1. The first-order valence-corrected chi connectivity index (χ1v) is 6.45. The Bertz CT molecular complexity index is 759. The summed E-state index contributed by atoms with van der Waals surface area (Å²) in [6.07, 6.45) is 2.74. The predicted molar refractivity (Wildman–Crippen MR) is 75.0 cm³/mol. The van der Waals surface area contributed by atoms with Gasteiger partial charge in [-0.2, -0.15) is 0 Å². The van der Waals surface area contributed by atoms with Crippen LogP contribution in [0.5, 0.6) is 0 Å². The lowest BCUT2D eigenvalue weighted by Crippen LogP contribution is -2.25. The van der Waals surface area contributed by atoms with Gasteiger partial charge in [-0.15, -0.1) is 0 Å². The molecular weight excluding hydrogens is 273 g/mol. The van der Waals surface area contributed by atoms with Crippen molar-refractivity contribution in [3.8, 4) is 0 Å². The Morgan fingerprint density at radius 3 is 2.62 bits per heavy atom. The van der Waals surface area contributed by atoms with Gasteiger partial charge in [0.25, 0.3) is 0 Å². The van der Waals surface area contributed by atoms with Gasteiger partial charge in [0.1, 0.15) is 5.82 Å². The van der Waals surface area contributed by atoms with Crippen molar-refractivity contribution in [1.29, 1.82) is 0 Å². The van der Waals surface area contributed by atoms with Crippen LogP contribution in [-0.2, 0) is 0 Å². The van der Waals surface area contributed by atoms with E-state index in [1.54, 1.807) is 0 Å². The molecule has 0 bridgehead atoms. The van der Waals surface area contributed by atoms with E-state index in [1.165, 1.54) is 30.6 Å². The van der Waals surface area contributed by atoms with Crippen LogP contribution in [0.25, 0.3) is 0 Å². The molecule has 21 heavy (non-hydrogen) atoms. The molecule has 0 amide bonds. The van der Waals surface area contributed by atoms with Crippen LogP contribution >= 0.6 is 0 Å². The molecule has 0 unspecified atom stereocenters. The third-order valence-corrected chi connectivity index (χ3v) is 3.38. The number of hydrogen-bond donors (Lipinski definition) is 2. The number of carbonyl (C=O) groups excluding carboxylic acids is 2. The molecule has 0 aliphatic heterocycles. The van der Waals surface area contributed by atoms with Crippen LogP contribution in [0.1, 0.15) is 31.8 Å². The second-order valence-corrected chi connectivity index (χ2v) is 4.64. The van der Waals surface area contributed by atoms with Gasteiger partial charge in [0.2, 0.25) is 0 Å². The lowest BCUT2D eigenvalue weighted by atomic mass is 9.84. The summed E-state index contributed by atoms with van der Waals surface area (Å²) in [4.78, 5) is 28.9. The predicted octanol–water partition coefficient (Wildman–Crippen LogP) is 1.37. The highest BCUT2D eigenvalue weighted by Gasteiger charge is 2.34. The Balaban J connectivity index is 2.24. The van der Waals surface area contributed by atoms with E-state index in [0.717, 1.165) is 0 Å². The fraction of sp³-hybridized carbons (Fsp3) is 0.133. The third kappa shape index (κ3) is 2.00. The van der Waals surface area contributed by atoms with Crippen molar-refractivity contribution in [2.45, 2.75) is 0 Å². The molecule has 0 saturated heterocycles. The highest BCUT2D eigenvalue weighted by molar-refractivity contribution is 6.30. The molecule has 1 aromatic heterocycles. The summed E-state index contributed by atoms with van der Waals surface area (Å²) >= 11 is 0. The molecule has 6 heteroatoms. The molecule has 1 aliphatic carbocycles. The zero-order chi connectivity index (χ0) is 15.0. The van der Waals surface area contributed by atoms with E-state index in [9.17, 15) is 14.0 Å². The molecule has 5 nitrogen and oxygen atoms in total. The zero-order valence-corrected chi connectivity index (χ0v) is 11.0. The Morgan fingerprint density at radius 1 is 1.10 bits per heavy atom. The van der Waals surface area contributed by atoms with Crippen LogP contribution in [0.2, 0.25) is 0 Å². The van der Waals surface area contributed by atoms with Gasteiger partial charge in [0.05, 0.1) is 16.7 Å². The first-order valence-electron chi connectivity index (χ1n) is 6.45. The maximum Gasteiger partial charge on any atom is 0.198 e.